The minimum absolute atomic E-state index is 1.01. The molecule has 0 spiro atoms. The summed E-state index contributed by atoms with van der Waals surface area (Å²) in [7, 11) is 0. The molecule has 0 aliphatic carbocycles. The van der Waals surface area contributed by atoms with E-state index in [-0.39, 0.29) is 0 Å². The zero-order chi connectivity index (χ0) is 7.66. The van der Waals surface area contributed by atoms with Crippen molar-refractivity contribution in [3.05, 3.63) is 12.7 Å². The van der Waals surface area contributed by atoms with Gasteiger partial charge in [-0.3, -0.25) is 4.72 Å². The SMILES string of the molecule is C=CCSNCCCCC. The van der Waals surface area contributed by atoms with Crippen molar-refractivity contribution in [2.75, 3.05) is 12.3 Å². The lowest BCUT2D eigenvalue weighted by atomic mass is 10.3. The number of rotatable bonds is 7. The van der Waals surface area contributed by atoms with Crippen molar-refractivity contribution in [2.24, 2.45) is 0 Å². The maximum absolute atomic E-state index is 3.63. The minimum atomic E-state index is 1.01. The Kier molecular flexibility index (Phi) is 9.10. The Morgan fingerprint density at radius 3 is 2.90 bits per heavy atom. The molecule has 0 aliphatic heterocycles. The second kappa shape index (κ2) is 9.05. The zero-order valence-electron chi connectivity index (χ0n) is 6.73. The Labute approximate surface area is 68.4 Å². The zero-order valence-corrected chi connectivity index (χ0v) is 7.54. The van der Waals surface area contributed by atoms with Crippen LogP contribution in [0.5, 0.6) is 0 Å². The number of hydrogen-bond donors (Lipinski definition) is 1. The number of hydrogen-bond acceptors (Lipinski definition) is 2. The highest BCUT2D eigenvalue weighted by Crippen LogP contribution is 1.96. The molecule has 60 valence electrons. The molecular formula is C8H17NS. The van der Waals surface area contributed by atoms with E-state index in [9.17, 15) is 0 Å². The molecule has 0 saturated heterocycles. The Morgan fingerprint density at radius 2 is 2.30 bits per heavy atom. The van der Waals surface area contributed by atoms with E-state index in [4.69, 9.17) is 0 Å². The predicted molar refractivity (Wildman–Crippen MR) is 50.2 cm³/mol. The molecular weight excluding hydrogens is 142 g/mol. The van der Waals surface area contributed by atoms with Gasteiger partial charge in [0.25, 0.3) is 0 Å². The van der Waals surface area contributed by atoms with Gasteiger partial charge in [0.1, 0.15) is 0 Å². The standard InChI is InChI=1S/C8H17NS/c1-3-5-6-7-9-10-8-4-2/h4,9H,2-3,5-8H2,1H3. The first-order valence-corrected chi connectivity index (χ1v) is 4.86. The third-order valence-electron chi connectivity index (χ3n) is 1.19. The lowest BCUT2D eigenvalue weighted by molar-refractivity contribution is 0.709. The van der Waals surface area contributed by atoms with E-state index in [1.54, 1.807) is 11.9 Å². The number of unbranched alkanes of at least 4 members (excludes halogenated alkanes) is 2. The second-order valence-electron chi connectivity index (χ2n) is 2.20. The van der Waals surface area contributed by atoms with Crippen LogP contribution >= 0.6 is 11.9 Å². The van der Waals surface area contributed by atoms with Gasteiger partial charge in [0.15, 0.2) is 0 Å². The van der Waals surface area contributed by atoms with E-state index in [0.717, 1.165) is 12.3 Å². The van der Waals surface area contributed by atoms with Crippen molar-refractivity contribution in [1.82, 2.24) is 4.72 Å². The van der Waals surface area contributed by atoms with Gasteiger partial charge in [-0.05, 0) is 6.42 Å². The van der Waals surface area contributed by atoms with Gasteiger partial charge in [-0.15, -0.1) is 6.58 Å². The summed E-state index contributed by atoms with van der Waals surface area (Å²) < 4.78 is 3.27. The van der Waals surface area contributed by atoms with Crippen molar-refractivity contribution in [1.29, 1.82) is 0 Å². The van der Waals surface area contributed by atoms with Crippen LogP contribution in [0, 0.1) is 0 Å². The van der Waals surface area contributed by atoms with Crippen molar-refractivity contribution in [2.45, 2.75) is 26.2 Å². The van der Waals surface area contributed by atoms with Gasteiger partial charge in [0, 0.05) is 12.3 Å². The molecule has 1 nitrogen and oxygen atoms in total. The van der Waals surface area contributed by atoms with Crippen LogP contribution in [0.4, 0.5) is 0 Å². The van der Waals surface area contributed by atoms with Gasteiger partial charge in [-0.1, -0.05) is 37.8 Å². The molecule has 2 heteroatoms. The first-order chi connectivity index (χ1) is 4.91. The summed E-state index contributed by atoms with van der Waals surface area (Å²) in [5.74, 6) is 1.01. The molecule has 0 aromatic heterocycles. The average Bonchev–Trinajstić information content (AvgIpc) is 1.97. The fourth-order valence-corrected chi connectivity index (χ4v) is 1.16. The first kappa shape index (κ1) is 10.0. The maximum atomic E-state index is 3.63. The van der Waals surface area contributed by atoms with Crippen molar-refractivity contribution in [3.8, 4) is 0 Å². The molecule has 0 fully saturated rings. The van der Waals surface area contributed by atoms with E-state index in [1.807, 2.05) is 6.08 Å². The lowest BCUT2D eigenvalue weighted by Gasteiger charge is -1.99. The fraction of sp³-hybridized carbons (Fsp3) is 0.750. The third kappa shape index (κ3) is 8.05. The summed E-state index contributed by atoms with van der Waals surface area (Å²) in [4.78, 5) is 0. The summed E-state index contributed by atoms with van der Waals surface area (Å²) >= 11 is 1.74. The van der Waals surface area contributed by atoms with Crippen LogP contribution < -0.4 is 4.72 Å². The quantitative estimate of drug-likeness (QED) is 0.348. The molecule has 0 unspecified atom stereocenters. The highest BCUT2D eigenvalue weighted by atomic mass is 32.2. The molecule has 0 radical (unpaired) electrons. The van der Waals surface area contributed by atoms with E-state index in [2.05, 4.69) is 18.2 Å². The summed E-state index contributed by atoms with van der Waals surface area (Å²) in [6.45, 7) is 6.98. The van der Waals surface area contributed by atoms with Crippen LogP contribution in [0.1, 0.15) is 26.2 Å². The van der Waals surface area contributed by atoms with Gasteiger partial charge in [0.05, 0.1) is 0 Å². The highest BCUT2D eigenvalue weighted by molar-refractivity contribution is 7.97. The Morgan fingerprint density at radius 1 is 1.50 bits per heavy atom. The fourth-order valence-electron chi connectivity index (χ4n) is 0.637. The van der Waals surface area contributed by atoms with E-state index in [1.165, 1.54) is 19.3 Å². The molecule has 0 atom stereocenters. The Bertz CT molecular complexity index is 73.7. The van der Waals surface area contributed by atoms with Gasteiger partial charge >= 0.3 is 0 Å². The van der Waals surface area contributed by atoms with Crippen LogP contribution in [0.25, 0.3) is 0 Å². The topological polar surface area (TPSA) is 12.0 Å². The van der Waals surface area contributed by atoms with Gasteiger partial charge in [-0.25, -0.2) is 0 Å². The molecule has 0 aromatic rings. The first-order valence-electron chi connectivity index (χ1n) is 3.87. The van der Waals surface area contributed by atoms with Gasteiger partial charge in [0.2, 0.25) is 0 Å². The molecule has 0 heterocycles. The Balaban J connectivity index is 2.70. The molecule has 0 aromatic carbocycles. The van der Waals surface area contributed by atoms with Crippen molar-refractivity contribution >= 4 is 11.9 Å². The van der Waals surface area contributed by atoms with E-state index >= 15 is 0 Å². The summed E-state index contributed by atoms with van der Waals surface area (Å²) in [5, 5.41) is 0. The summed E-state index contributed by atoms with van der Waals surface area (Å²) in [6.07, 6.45) is 5.84. The number of nitrogens with one attached hydrogen (secondary N) is 1. The molecule has 1 N–H and O–H groups in total. The average molecular weight is 159 g/mol. The third-order valence-corrected chi connectivity index (χ3v) is 2.00. The maximum Gasteiger partial charge on any atom is 0.0256 e. The van der Waals surface area contributed by atoms with Gasteiger partial charge < -0.3 is 0 Å². The van der Waals surface area contributed by atoms with Crippen LogP contribution in [-0.4, -0.2) is 12.3 Å². The normalized spacial score (nSPS) is 9.70. The van der Waals surface area contributed by atoms with Crippen LogP contribution in [0.2, 0.25) is 0 Å². The van der Waals surface area contributed by atoms with Crippen molar-refractivity contribution < 1.29 is 0 Å². The van der Waals surface area contributed by atoms with Crippen LogP contribution in [0.15, 0.2) is 12.7 Å². The highest BCUT2D eigenvalue weighted by Gasteiger charge is 1.84. The van der Waals surface area contributed by atoms with Crippen LogP contribution in [0.3, 0.4) is 0 Å². The molecule has 0 saturated carbocycles. The monoisotopic (exact) mass is 159 g/mol. The van der Waals surface area contributed by atoms with Crippen LogP contribution in [-0.2, 0) is 0 Å². The molecule has 0 bridgehead atoms. The molecule has 0 amide bonds. The van der Waals surface area contributed by atoms with E-state index < -0.39 is 0 Å². The van der Waals surface area contributed by atoms with Crippen molar-refractivity contribution in [3.63, 3.8) is 0 Å². The largest absolute Gasteiger partial charge is 0.264 e. The molecule has 0 aliphatic rings. The smallest absolute Gasteiger partial charge is 0.0256 e. The minimum Gasteiger partial charge on any atom is -0.264 e. The second-order valence-corrected chi connectivity index (χ2v) is 3.11. The predicted octanol–water partition coefficient (Wildman–Crippen LogP) is 2.60. The molecule has 10 heavy (non-hydrogen) atoms. The van der Waals surface area contributed by atoms with E-state index in [0.29, 0.717) is 0 Å². The lowest BCUT2D eigenvalue weighted by Crippen LogP contribution is -2.05. The summed E-state index contributed by atoms with van der Waals surface area (Å²) in [5.41, 5.74) is 0. The Hall–Kier alpha value is 0.0500. The van der Waals surface area contributed by atoms with Gasteiger partial charge in [-0.2, -0.15) is 0 Å². The molecule has 0 rings (SSSR count). The summed E-state index contributed by atoms with van der Waals surface area (Å²) in [6, 6.07) is 0.